The first-order chi connectivity index (χ1) is 18.9. The number of amides is 2. The molecule has 2 bridgehead atoms. The molecule has 0 unspecified atom stereocenters. The zero-order valence-corrected chi connectivity index (χ0v) is 23.0. The highest BCUT2D eigenvalue weighted by Gasteiger charge is 2.74. The number of hydroxylamine groups is 2. The van der Waals surface area contributed by atoms with Crippen LogP contribution in [-0.4, -0.2) is 78.4 Å². The number of nitrogens with zero attached hydrogens (tertiary/aromatic N) is 1. The first-order valence-electron chi connectivity index (χ1n) is 12.8. The summed E-state index contributed by atoms with van der Waals surface area (Å²) in [5, 5.41) is 16.1. The zero-order chi connectivity index (χ0) is 27.1. The minimum absolute atomic E-state index is 0.0356. The fourth-order valence-electron chi connectivity index (χ4n) is 6.04. The highest BCUT2D eigenvalue weighted by Crippen LogP contribution is 2.55. The second kappa shape index (κ2) is 10.7. The summed E-state index contributed by atoms with van der Waals surface area (Å²) in [5.41, 5.74) is 0.813. The van der Waals surface area contributed by atoms with E-state index in [1.54, 1.807) is 29.3 Å². The van der Waals surface area contributed by atoms with Crippen molar-refractivity contribution < 1.29 is 38.5 Å². The molecule has 2 aromatic rings. The van der Waals surface area contributed by atoms with E-state index in [0.717, 1.165) is 9.13 Å². The van der Waals surface area contributed by atoms with Gasteiger partial charge in [0.15, 0.2) is 6.04 Å². The molecule has 11 nitrogen and oxygen atoms in total. The molecule has 39 heavy (non-hydrogen) atoms. The van der Waals surface area contributed by atoms with E-state index in [4.69, 9.17) is 24.2 Å². The number of halogens is 1. The minimum Gasteiger partial charge on any atom is -0.458 e. The standard InChI is InChI=1S/C27H28IN3O8/c28-18-6-4-15(5-7-18)13-31-22-25(34)38-19-11-27(22,23(39-31)21-20(19)36-14-37-21)26(35)30-12-16-2-1-3-17(10-16)24(33)29-8-9-32/h1-7,10,19-23,32H,8-9,11-14H2,(H,29,33)(H,30,35)/t19-,20+,21+,22+,23-,27+/m1/s1. The third kappa shape index (κ3) is 4.72. The summed E-state index contributed by atoms with van der Waals surface area (Å²) >= 11 is 2.23. The van der Waals surface area contributed by atoms with Crippen molar-refractivity contribution in [1.29, 1.82) is 0 Å². The fraction of sp³-hybridized carbons (Fsp3) is 0.444. The van der Waals surface area contributed by atoms with Gasteiger partial charge in [-0.05, 0) is 58.0 Å². The average Bonchev–Trinajstić information content (AvgIpc) is 3.56. The van der Waals surface area contributed by atoms with Crippen molar-refractivity contribution in [2.24, 2.45) is 5.41 Å². The second-order valence-electron chi connectivity index (χ2n) is 10.1. The molecular weight excluding hydrogens is 621 g/mol. The smallest absolute Gasteiger partial charge is 0.327 e. The summed E-state index contributed by atoms with van der Waals surface area (Å²) < 4.78 is 18.5. The van der Waals surface area contributed by atoms with Gasteiger partial charge in [-0.15, -0.1) is 0 Å². The summed E-state index contributed by atoms with van der Waals surface area (Å²) in [6.45, 7) is 0.455. The third-order valence-electron chi connectivity index (χ3n) is 7.79. The molecule has 3 heterocycles. The Hall–Kier alpha value is -2.62. The van der Waals surface area contributed by atoms with Crippen molar-refractivity contribution in [1.82, 2.24) is 15.7 Å². The van der Waals surface area contributed by atoms with Crippen LogP contribution in [0.1, 0.15) is 27.9 Å². The molecule has 3 aliphatic heterocycles. The maximum Gasteiger partial charge on any atom is 0.327 e. The van der Waals surface area contributed by atoms with E-state index in [2.05, 4.69) is 33.2 Å². The molecule has 3 N–H and O–H groups in total. The molecular formula is C27H28IN3O8. The number of hydrogen-bond acceptors (Lipinski definition) is 9. The summed E-state index contributed by atoms with van der Waals surface area (Å²) in [7, 11) is 0. The van der Waals surface area contributed by atoms with Crippen LogP contribution < -0.4 is 10.6 Å². The van der Waals surface area contributed by atoms with Gasteiger partial charge in [-0.1, -0.05) is 24.3 Å². The normalized spacial score (nSPS) is 30.9. The van der Waals surface area contributed by atoms with E-state index < -0.39 is 41.8 Å². The molecule has 6 atom stereocenters. The van der Waals surface area contributed by atoms with Crippen LogP contribution in [0.15, 0.2) is 48.5 Å². The van der Waals surface area contributed by atoms with Gasteiger partial charge in [0.25, 0.3) is 5.91 Å². The number of aliphatic hydroxyl groups is 1. The Bertz CT molecular complexity index is 1280. The minimum atomic E-state index is -1.24. The number of rotatable bonds is 8. The zero-order valence-electron chi connectivity index (χ0n) is 20.9. The topological polar surface area (TPSA) is 136 Å². The molecule has 12 heteroatoms. The predicted molar refractivity (Wildman–Crippen MR) is 143 cm³/mol. The van der Waals surface area contributed by atoms with Crippen LogP contribution in [0.3, 0.4) is 0 Å². The quantitative estimate of drug-likeness (QED) is 0.281. The second-order valence-corrected chi connectivity index (χ2v) is 11.3. The maximum absolute atomic E-state index is 14.1. The molecule has 0 aromatic heterocycles. The Kier molecular flexibility index (Phi) is 7.33. The van der Waals surface area contributed by atoms with Gasteiger partial charge in [0.1, 0.15) is 36.6 Å². The molecule has 1 aliphatic carbocycles. The van der Waals surface area contributed by atoms with Gasteiger partial charge in [0.2, 0.25) is 5.91 Å². The summed E-state index contributed by atoms with van der Waals surface area (Å²) in [6.07, 6.45) is -2.18. The number of hydrogen-bond donors (Lipinski definition) is 3. The van der Waals surface area contributed by atoms with Crippen LogP contribution in [0.4, 0.5) is 0 Å². The lowest BCUT2D eigenvalue weighted by Gasteiger charge is -2.48. The largest absolute Gasteiger partial charge is 0.458 e. The number of fused-ring (bicyclic) bond motifs is 4. The Labute approximate surface area is 238 Å². The molecule has 0 spiro atoms. The Morgan fingerprint density at radius 2 is 1.87 bits per heavy atom. The molecule has 0 radical (unpaired) electrons. The van der Waals surface area contributed by atoms with Crippen LogP contribution in [0.5, 0.6) is 0 Å². The van der Waals surface area contributed by atoms with Crippen molar-refractivity contribution in [3.05, 3.63) is 68.8 Å². The number of esters is 1. The number of ether oxygens (including phenoxy) is 3. The maximum atomic E-state index is 14.1. The SMILES string of the molecule is O=C(NCCO)c1cccc(CNC(=O)[C@@]23C[C@H]4OC(=O)[C@@H]2N(Cc2ccc(I)cc2)O[C@@H]3[C@H]2OCO[C@H]24)c1. The van der Waals surface area contributed by atoms with E-state index in [-0.39, 0.29) is 51.3 Å². The average molecular weight is 649 g/mol. The van der Waals surface area contributed by atoms with Crippen LogP contribution >= 0.6 is 22.6 Å². The lowest BCUT2D eigenvalue weighted by molar-refractivity contribution is -0.201. The number of carbonyl (C=O) groups is 3. The fourth-order valence-corrected chi connectivity index (χ4v) is 6.40. The van der Waals surface area contributed by atoms with Gasteiger partial charge in [0.05, 0.1) is 13.2 Å². The number of benzene rings is 2. The van der Waals surface area contributed by atoms with Gasteiger partial charge in [0, 0.05) is 28.6 Å². The van der Waals surface area contributed by atoms with Gasteiger partial charge in [-0.25, -0.2) is 0 Å². The Morgan fingerprint density at radius 3 is 2.67 bits per heavy atom. The van der Waals surface area contributed by atoms with Gasteiger partial charge >= 0.3 is 5.97 Å². The van der Waals surface area contributed by atoms with Gasteiger partial charge < -0.3 is 30.0 Å². The van der Waals surface area contributed by atoms with Crippen LogP contribution in [0.2, 0.25) is 0 Å². The Balaban J connectivity index is 1.27. The summed E-state index contributed by atoms with van der Waals surface area (Å²) in [4.78, 5) is 46.2. The predicted octanol–water partition coefficient (Wildman–Crippen LogP) is 0.871. The number of aliphatic hydroxyl groups excluding tert-OH is 1. The molecule has 2 aromatic carbocycles. The van der Waals surface area contributed by atoms with E-state index in [1.807, 2.05) is 24.3 Å². The summed E-state index contributed by atoms with van der Waals surface area (Å²) in [5.74, 6) is -1.18. The highest BCUT2D eigenvalue weighted by molar-refractivity contribution is 14.1. The first-order valence-corrected chi connectivity index (χ1v) is 13.9. The molecule has 2 amide bonds. The van der Waals surface area contributed by atoms with Crippen molar-refractivity contribution in [2.45, 2.75) is 50.0 Å². The van der Waals surface area contributed by atoms with Crippen LogP contribution in [0, 0.1) is 8.99 Å². The monoisotopic (exact) mass is 649 g/mol. The van der Waals surface area contributed by atoms with Crippen molar-refractivity contribution in [2.75, 3.05) is 19.9 Å². The van der Waals surface area contributed by atoms with E-state index in [1.165, 1.54) is 0 Å². The first kappa shape index (κ1) is 26.6. The molecule has 206 valence electrons. The lowest BCUT2D eigenvalue weighted by atomic mass is 9.62. The van der Waals surface area contributed by atoms with E-state index in [9.17, 15) is 14.4 Å². The van der Waals surface area contributed by atoms with Gasteiger partial charge in [-0.2, -0.15) is 5.06 Å². The Morgan fingerprint density at radius 1 is 1.08 bits per heavy atom. The molecule has 4 fully saturated rings. The number of nitrogens with one attached hydrogen (secondary N) is 2. The van der Waals surface area contributed by atoms with Crippen molar-refractivity contribution >= 4 is 40.4 Å². The molecule has 6 rings (SSSR count). The van der Waals surface area contributed by atoms with Crippen molar-refractivity contribution in [3.8, 4) is 0 Å². The lowest BCUT2D eigenvalue weighted by Crippen LogP contribution is -2.69. The van der Waals surface area contributed by atoms with Gasteiger partial charge in [-0.3, -0.25) is 19.2 Å². The molecule has 4 aliphatic rings. The van der Waals surface area contributed by atoms with Crippen molar-refractivity contribution in [3.63, 3.8) is 0 Å². The summed E-state index contributed by atoms with van der Waals surface area (Å²) in [6, 6.07) is 13.8. The van der Waals surface area contributed by atoms with E-state index >= 15 is 0 Å². The van der Waals surface area contributed by atoms with E-state index in [0.29, 0.717) is 11.1 Å². The molecule has 3 saturated heterocycles. The molecule has 1 saturated carbocycles. The van der Waals surface area contributed by atoms with Crippen LogP contribution in [0.25, 0.3) is 0 Å². The van der Waals surface area contributed by atoms with Crippen LogP contribution in [-0.2, 0) is 41.7 Å². The third-order valence-corrected chi connectivity index (χ3v) is 8.51. The number of carbonyl (C=O) groups excluding carboxylic acids is 3. The highest BCUT2D eigenvalue weighted by atomic mass is 127.